The van der Waals surface area contributed by atoms with Gasteiger partial charge in [-0.2, -0.15) is 0 Å². The Morgan fingerprint density at radius 2 is 1.50 bits per heavy atom. The van der Waals surface area contributed by atoms with Gasteiger partial charge in [0.2, 0.25) is 5.78 Å². The number of Topliss-reactive ketones (excluding diaryl/α,β-unsaturated/α-hetero) is 1. The average Bonchev–Trinajstić information content (AvgIpc) is 3.43. The predicted molar refractivity (Wildman–Crippen MR) is 194 cm³/mol. The second kappa shape index (κ2) is 12.4. The third-order valence-corrected chi connectivity index (χ3v) is 16.5. The van der Waals surface area contributed by atoms with Gasteiger partial charge in [-0.25, -0.2) is 0 Å². The fourth-order valence-electron chi connectivity index (χ4n) is 13.2. The molecule has 1 heterocycles. The van der Waals surface area contributed by atoms with Gasteiger partial charge in [0.1, 0.15) is 6.10 Å². The van der Waals surface area contributed by atoms with E-state index in [0.717, 1.165) is 77.3 Å². The Labute approximate surface area is 301 Å². The first-order valence-electron chi connectivity index (χ1n) is 19.8. The summed E-state index contributed by atoms with van der Waals surface area (Å²) in [6.45, 7) is 22.8. The zero-order valence-electron chi connectivity index (χ0n) is 32.9. The van der Waals surface area contributed by atoms with Crippen molar-refractivity contribution >= 4 is 23.6 Å². The highest BCUT2D eigenvalue weighted by Crippen LogP contribution is 2.77. The van der Waals surface area contributed by atoms with Crippen LogP contribution in [0.15, 0.2) is 11.1 Å². The lowest BCUT2D eigenvalue weighted by Gasteiger charge is -2.72. The number of carboxylic acids is 1. The minimum atomic E-state index is -1.16. The lowest BCUT2D eigenvalue weighted by atomic mass is 9.33. The van der Waals surface area contributed by atoms with E-state index in [-0.39, 0.29) is 45.9 Å². The van der Waals surface area contributed by atoms with Crippen LogP contribution in [-0.4, -0.2) is 77.9 Å². The van der Waals surface area contributed by atoms with Crippen molar-refractivity contribution in [1.29, 1.82) is 0 Å². The third-order valence-electron chi connectivity index (χ3n) is 16.5. The molecule has 1 saturated heterocycles. The molecule has 0 aromatic carbocycles. The molecule has 280 valence electrons. The average molecular weight is 695 g/mol. The largest absolute Gasteiger partial charge is 0.481 e. The summed E-state index contributed by atoms with van der Waals surface area (Å²) in [5.74, 6) is -0.206. The van der Waals surface area contributed by atoms with Gasteiger partial charge < -0.3 is 19.6 Å². The standard InChI is InChI=1S/C42H66N2O6/c1-26(2)27-13-18-42(34(46)35(47)44-23-21-43(10)22-24-44)20-19-40(8)28(33(27)42)11-12-30-39(7)16-15-31(50-32(45)25-37(3,4)36(48)49)38(5,6)29(39)14-17-41(30,40)9/h26,28-31H,11-25H2,1-10H3,(H,48,49). The molecule has 4 saturated carbocycles. The number of ketones is 1. The molecule has 1 aliphatic heterocycles. The summed E-state index contributed by atoms with van der Waals surface area (Å²) in [7, 11) is 2.08. The maximum absolute atomic E-state index is 14.6. The van der Waals surface area contributed by atoms with E-state index in [1.54, 1.807) is 13.8 Å². The molecule has 8 atom stereocenters. The van der Waals surface area contributed by atoms with Gasteiger partial charge in [-0.3, -0.25) is 19.2 Å². The van der Waals surface area contributed by atoms with Crippen LogP contribution in [0.2, 0.25) is 0 Å². The lowest BCUT2D eigenvalue weighted by molar-refractivity contribution is -0.233. The summed E-state index contributed by atoms with van der Waals surface area (Å²) < 4.78 is 6.16. The summed E-state index contributed by atoms with van der Waals surface area (Å²) in [5.41, 5.74) is 0.994. The van der Waals surface area contributed by atoms with Gasteiger partial charge in [-0.05, 0) is 125 Å². The Morgan fingerprint density at radius 1 is 0.840 bits per heavy atom. The molecule has 8 unspecified atom stereocenters. The number of carbonyl (C=O) groups excluding carboxylic acids is 3. The number of fused-ring (bicyclic) bond motifs is 7. The topological polar surface area (TPSA) is 104 Å². The molecule has 1 N–H and O–H groups in total. The van der Waals surface area contributed by atoms with E-state index in [1.807, 2.05) is 4.90 Å². The molecule has 0 aromatic rings. The monoisotopic (exact) mass is 694 g/mol. The highest BCUT2D eigenvalue weighted by Gasteiger charge is 2.70. The van der Waals surface area contributed by atoms with E-state index < -0.39 is 22.8 Å². The molecule has 0 aromatic heterocycles. The van der Waals surface area contributed by atoms with Crippen LogP contribution in [0.3, 0.4) is 0 Å². The van der Waals surface area contributed by atoms with Crippen molar-refractivity contribution in [3.8, 4) is 0 Å². The van der Waals surface area contributed by atoms with E-state index in [1.165, 1.54) is 11.1 Å². The van der Waals surface area contributed by atoms with Crippen LogP contribution in [0, 0.1) is 56.2 Å². The van der Waals surface area contributed by atoms with Crippen LogP contribution in [0.4, 0.5) is 0 Å². The summed E-state index contributed by atoms with van der Waals surface area (Å²) >= 11 is 0. The molecule has 8 heteroatoms. The summed E-state index contributed by atoms with van der Waals surface area (Å²) in [4.78, 5) is 57.5. The summed E-state index contributed by atoms with van der Waals surface area (Å²) in [6.07, 6.45) is 9.24. The Morgan fingerprint density at radius 3 is 2.12 bits per heavy atom. The number of aliphatic carboxylic acids is 1. The minimum Gasteiger partial charge on any atom is -0.481 e. The van der Waals surface area contributed by atoms with Crippen molar-refractivity contribution in [1.82, 2.24) is 9.80 Å². The van der Waals surface area contributed by atoms with Gasteiger partial charge in [-0.15, -0.1) is 0 Å². The fraction of sp³-hybridized carbons (Fsp3) is 0.857. The van der Waals surface area contributed by atoms with E-state index in [2.05, 4.69) is 60.4 Å². The first-order valence-corrected chi connectivity index (χ1v) is 19.8. The maximum Gasteiger partial charge on any atom is 0.309 e. The number of carboxylic acid groups (broad SMARTS) is 1. The number of hydrogen-bond acceptors (Lipinski definition) is 6. The van der Waals surface area contributed by atoms with Crippen molar-refractivity contribution in [2.45, 2.75) is 139 Å². The lowest BCUT2D eigenvalue weighted by Crippen LogP contribution is -2.66. The molecule has 5 aliphatic carbocycles. The Hall–Kier alpha value is -2.22. The molecule has 6 aliphatic rings. The molecular weight excluding hydrogens is 628 g/mol. The van der Waals surface area contributed by atoms with E-state index in [4.69, 9.17) is 4.74 Å². The molecule has 0 bridgehead atoms. The number of esters is 1. The number of rotatable bonds is 7. The number of piperazine rings is 1. The second-order valence-corrected chi connectivity index (χ2v) is 19.9. The van der Waals surface area contributed by atoms with Gasteiger partial charge in [-0.1, -0.05) is 59.6 Å². The summed E-state index contributed by atoms with van der Waals surface area (Å²) in [5, 5.41) is 9.60. The van der Waals surface area contributed by atoms with E-state index in [0.29, 0.717) is 36.8 Å². The number of ether oxygens (including phenoxy) is 1. The molecule has 6 rings (SSSR count). The minimum absolute atomic E-state index is 0.0280. The van der Waals surface area contributed by atoms with Gasteiger partial charge in [0.15, 0.2) is 0 Å². The predicted octanol–water partition coefficient (Wildman–Crippen LogP) is 7.54. The van der Waals surface area contributed by atoms with E-state index >= 15 is 0 Å². The Balaban J connectivity index is 1.28. The second-order valence-electron chi connectivity index (χ2n) is 19.9. The smallest absolute Gasteiger partial charge is 0.309 e. The molecule has 8 nitrogen and oxygen atoms in total. The van der Waals surface area contributed by atoms with Crippen molar-refractivity contribution in [3.63, 3.8) is 0 Å². The number of amides is 1. The normalized spacial score (nSPS) is 40.0. The molecule has 5 fully saturated rings. The van der Waals surface area contributed by atoms with Crippen LogP contribution >= 0.6 is 0 Å². The highest BCUT2D eigenvalue weighted by molar-refractivity contribution is 6.39. The number of nitrogens with zero attached hydrogens (tertiary/aromatic N) is 2. The SMILES string of the molecule is CC(C)C1=C2C3CCC4C5(C)CCC(OC(=O)CC(C)(C)C(=O)O)C(C)(C)C5CCC4(C)C3(C)CCC2(C(=O)C(=O)N2CCN(C)CC2)CC1. The van der Waals surface area contributed by atoms with Gasteiger partial charge in [0, 0.05) is 31.6 Å². The van der Waals surface area contributed by atoms with Crippen molar-refractivity contribution < 1.29 is 29.0 Å². The third kappa shape index (κ3) is 5.45. The van der Waals surface area contributed by atoms with Gasteiger partial charge >= 0.3 is 11.9 Å². The van der Waals surface area contributed by atoms with Gasteiger partial charge in [0.05, 0.1) is 17.3 Å². The Kier molecular flexibility index (Phi) is 9.34. The first kappa shape index (κ1) is 37.5. The van der Waals surface area contributed by atoms with Crippen molar-refractivity contribution in [3.05, 3.63) is 11.1 Å². The zero-order chi connectivity index (χ0) is 36.8. The van der Waals surface area contributed by atoms with Crippen LogP contribution in [0.5, 0.6) is 0 Å². The van der Waals surface area contributed by atoms with E-state index in [9.17, 15) is 24.3 Å². The van der Waals surface area contributed by atoms with Crippen molar-refractivity contribution in [2.24, 2.45) is 56.2 Å². The Bertz CT molecular complexity index is 1460. The molecule has 0 spiro atoms. The quantitative estimate of drug-likeness (QED) is 0.167. The molecular formula is C42H66N2O6. The molecule has 50 heavy (non-hydrogen) atoms. The highest BCUT2D eigenvalue weighted by atomic mass is 16.5. The fourth-order valence-corrected chi connectivity index (χ4v) is 13.2. The maximum atomic E-state index is 14.6. The van der Waals surface area contributed by atoms with Crippen LogP contribution in [-0.2, 0) is 23.9 Å². The van der Waals surface area contributed by atoms with Crippen LogP contribution in [0.1, 0.15) is 133 Å². The van der Waals surface area contributed by atoms with Gasteiger partial charge in [0.25, 0.3) is 5.91 Å². The zero-order valence-corrected chi connectivity index (χ0v) is 32.9. The first-order chi connectivity index (χ1) is 23.2. The number of likely N-dealkylation sites (N-methyl/N-ethyl adjacent to an activating group) is 1. The van der Waals surface area contributed by atoms with Crippen LogP contribution < -0.4 is 0 Å². The molecule has 0 radical (unpaired) electrons. The number of carbonyl (C=O) groups is 4. The summed E-state index contributed by atoms with van der Waals surface area (Å²) in [6, 6.07) is 0. The molecule has 1 amide bonds. The van der Waals surface area contributed by atoms with Crippen LogP contribution in [0.25, 0.3) is 0 Å². The number of allylic oxidation sites excluding steroid dienone is 2. The van der Waals surface area contributed by atoms with Crippen molar-refractivity contribution in [2.75, 3.05) is 33.2 Å². The number of hydrogen-bond donors (Lipinski definition) is 1.